The van der Waals surface area contributed by atoms with Crippen molar-refractivity contribution in [3.8, 4) is 0 Å². The van der Waals surface area contributed by atoms with E-state index in [0.29, 0.717) is 5.57 Å². The molecule has 5 atom stereocenters. The Bertz CT molecular complexity index is 627. The number of nitrogens with zero attached hydrogens (tertiary/aromatic N) is 3. The van der Waals surface area contributed by atoms with E-state index in [1.54, 1.807) is 6.92 Å². The van der Waals surface area contributed by atoms with Gasteiger partial charge in [0.2, 0.25) is 11.7 Å². The van der Waals surface area contributed by atoms with Gasteiger partial charge in [-0.15, -0.1) is 0 Å². The molecular formula is C14H20N4O7. The summed E-state index contributed by atoms with van der Waals surface area (Å²) < 4.78 is 5.16. The van der Waals surface area contributed by atoms with Gasteiger partial charge in [-0.1, -0.05) is 11.2 Å². The number of carboxylic acids is 1. The topological polar surface area (TPSA) is 185 Å². The number of allylic oxidation sites excluding steroid dienone is 1. The number of aliphatic hydroxyl groups excluding tert-OH is 3. The standard InChI is InChI=1S/C14H20N4O7/c1-3-6(2)13(22)16-10-7(17-18-15)4-9(14(23)24)25-12(10)11(21)8(20)5-19/h3-4,7-8,10-12,19-21H,5H2,1-2H3,(H,16,22)(H,23,24)/b6-3+/t7-,8+,10+,11+,12+/m0/s1. The number of hydrogen-bond acceptors (Lipinski definition) is 7. The number of azide groups is 1. The van der Waals surface area contributed by atoms with Crippen molar-refractivity contribution in [2.75, 3.05) is 6.61 Å². The van der Waals surface area contributed by atoms with Crippen molar-refractivity contribution in [3.05, 3.63) is 33.9 Å². The van der Waals surface area contributed by atoms with Crippen LogP contribution in [0.4, 0.5) is 0 Å². The molecule has 0 aromatic rings. The summed E-state index contributed by atoms with van der Waals surface area (Å²) >= 11 is 0. The number of carbonyl (C=O) groups excluding carboxylic acids is 1. The van der Waals surface area contributed by atoms with Gasteiger partial charge in [-0.3, -0.25) is 4.79 Å². The normalized spacial score (nSPS) is 25.7. The van der Waals surface area contributed by atoms with Crippen LogP contribution in [0, 0.1) is 0 Å². The number of carbonyl (C=O) groups is 2. The maximum absolute atomic E-state index is 12.1. The van der Waals surface area contributed by atoms with E-state index in [1.807, 2.05) is 0 Å². The second kappa shape index (κ2) is 9.04. The number of carboxylic acid groups (broad SMARTS) is 1. The zero-order valence-corrected chi connectivity index (χ0v) is 13.6. The van der Waals surface area contributed by atoms with Gasteiger partial charge in [-0.05, 0) is 25.5 Å². The minimum Gasteiger partial charge on any atom is -0.478 e. The first-order valence-corrected chi connectivity index (χ1v) is 7.33. The third kappa shape index (κ3) is 4.94. The van der Waals surface area contributed by atoms with E-state index in [0.717, 1.165) is 6.08 Å². The van der Waals surface area contributed by atoms with Crippen molar-refractivity contribution < 1.29 is 34.8 Å². The molecule has 1 aliphatic rings. The van der Waals surface area contributed by atoms with E-state index >= 15 is 0 Å². The van der Waals surface area contributed by atoms with Gasteiger partial charge >= 0.3 is 5.97 Å². The average Bonchev–Trinajstić information content (AvgIpc) is 2.60. The second-order valence-electron chi connectivity index (χ2n) is 5.33. The monoisotopic (exact) mass is 356 g/mol. The van der Waals surface area contributed by atoms with Gasteiger partial charge < -0.3 is 30.5 Å². The van der Waals surface area contributed by atoms with Crippen molar-refractivity contribution in [2.24, 2.45) is 5.11 Å². The van der Waals surface area contributed by atoms with E-state index < -0.39 is 54.6 Å². The Labute approximate surface area is 142 Å². The van der Waals surface area contributed by atoms with Crippen molar-refractivity contribution in [2.45, 2.75) is 44.2 Å². The SMILES string of the molecule is C/C=C(\C)C(=O)N[C@H]1[C@H]([C@H](O)[C@H](O)CO)OC(C(=O)O)=C[C@@H]1N=[N+]=[N-]. The van der Waals surface area contributed by atoms with Crippen LogP contribution in [0.5, 0.6) is 0 Å². The lowest BCUT2D eigenvalue weighted by atomic mass is 9.92. The maximum atomic E-state index is 12.1. The lowest BCUT2D eigenvalue weighted by Crippen LogP contribution is -2.59. The molecule has 0 fully saturated rings. The quantitative estimate of drug-likeness (QED) is 0.171. The number of amides is 1. The first kappa shape index (κ1) is 20.5. The summed E-state index contributed by atoms with van der Waals surface area (Å²) in [4.78, 5) is 25.9. The first-order valence-electron chi connectivity index (χ1n) is 7.33. The molecule has 0 aromatic carbocycles. The van der Waals surface area contributed by atoms with Gasteiger partial charge in [-0.25, -0.2) is 4.79 Å². The zero-order chi connectivity index (χ0) is 19.1. The molecule has 5 N–H and O–H groups in total. The van der Waals surface area contributed by atoms with Crippen molar-refractivity contribution in [1.29, 1.82) is 0 Å². The maximum Gasteiger partial charge on any atom is 0.370 e. The third-order valence-electron chi connectivity index (χ3n) is 3.71. The molecule has 11 heteroatoms. The van der Waals surface area contributed by atoms with E-state index in [4.69, 9.17) is 20.5 Å². The van der Waals surface area contributed by atoms with Gasteiger partial charge in [-0.2, -0.15) is 0 Å². The van der Waals surface area contributed by atoms with E-state index in [1.165, 1.54) is 13.0 Å². The summed E-state index contributed by atoms with van der Waals surface area (Å²) in [5.74, 6) is -2.65. The number of aliphatic hydroxyl groups is 3. The summed E-state index contributed by atoms with van der Waals surface area (Å²) in [7, 11) is 0. The third-order valence-corrected chi connectivity index (χ3v) is 3.71. The number of ether oxygens (including phenoxy) is 1. The Morgan fingerprint density at radius 3 is 2.64 bits per heavy atom. The van der Waals surface area contributed by atoms with E-state index in [9.17, 15) is 19.8 Å². The Hall–Kier alpha value is -2.59. The van der Waals surface area contributed by atoms with E-state index in [2.05, 4.69) is 15.3 Å². The van der Waals surface area contributed by atoms with Crippen LogP contribution in [0.15, 0.2) is 28.6 Å². The Balaban J connectivity index is 3.30. The largest absolute Gasteiger partial charge is 0.478 e. The molecule has 0 saturated heterocycles. The molecule has 1 amide bonds. The van der Waals surface area contributed by atoms with Gasteiger partial charge in [0.15, 0.2) is 0 Å². The van der Waals surface area contributed by atoms with Crippen LogP contribution < -0.4 is 5.32 Å². The lowest BCUT2D eigenvalue weighted by Gasteiger charge is -2.38. The highest BCUT2D eigenvalue weighted by Gasteiger charge is 2.43. The van der Waals surface area contributed by atoms with Crippen LogP contribution in [0.1, 0.15) is 13.8 Å². The highest BCUT2D eigenvalue weighted by molar-refractivity contribution is 5.93. The molecule has 0 bridgehead atoms. The Morgan fingerprint density at radius 1 is 1.52 bits per heavy atom. The van der Waals surface area contributed by atoms with Crippen LogP contribution >= 0.6 is 0 Å². The molecule has 11 nitrogen and oxygen atoms in total. The molecule has 0 unspecified atom stereocenters. The molecule has 0 radical (unpaired) electrons. The lowest BCUT2D eigenvalue weighted by molar-refractivity contribution is -0.145. The smallest absolute Gasteiger partial charge is 0.370 e. The fourth-order valence-corrected chi connectivity index (χ4v) is 2.17. The van der Waals surface area contributed by atoms with Gasteiger partial charge in [0, 0.05) is 10.5 Å². The summed E-state index contributed by atoms with van der Waals surface area (Å²) in [6.45, 7) is 2.32. The average molecular weight is 356 g/mol. The van der Waals surface area contributed by atoms with Crippen molar-refractivity contribution in [3.63, 3.8) is 0 Å². The number of nitrogens with one attached hydrogen (secondary N) is 1. The number of hydrogen-bond donors (Lipinski definition) is 5. The molecule has 0 spiro atoms. The molecule has 0 aromatic heterocycles. The summed E-state index contributed by atoms with van der Waals surface area (Å²) in [6.07, 6.45) is -2.37. The summed E-state index contributed by atoms with van der Waals surface area (Å²) in [5.41, 5.74) is 9.02. The van der Waals surface area contributed by atoms with Crippen LogP contribution in [0.2, 0.25) is 0 Å². The molecule has 1 aliphatic heterocycles. The highest BCUT2D eigenvalue weighted by atomic mass is 16.5. The van der Waals surface area contributed by atoms with Gasteiger partial charge in [0.1, 0.15) is 18.3 Å². The molecule has 0 saturated carbocycles. The fourth-order valence-electron chi connectivity index (χ4n) is 2.17. The Kier molecular flexibility index (Phi) is 7.40. The molecule has 25 heavy (non-hydrogen) atoms. The molecular weight excluding hydrogens is 336 g/mol. The second-order valence-corrected chi connectivity index (χ2v) is 5.33. The van der Waals surface area contributed by atoms with Crippen LogP contribution in [-0.2, 0) is 14.3 Å². The Morgan fingerprint density at radius 2 is 2.16 bits per heavy atom. The molecule has 0 aliphatic carbocycles. The minimum atomic E-state index is -1.75. The van der Waals surface area contributed by atoms with Gasteiger partial charge in [0.05, 0.1) is 18.7 Å². The number of aliphatic carboxylic acids is 1. The zero-order valence-electron chi connectivity index (χ0n) is 13.6. The van der Waals surface area contributed by atoms with Crippen LogP contribution in [0.25, 0.3) is 10.4 Å². The van der Waals surface area contributed by atoms with E-state index in [-0.39, 0.29) is 0 Å². The predicted molar refractivity (Wildman–Crippen MR) is 84.0 cm³/mol. The molecule has 1 rings (SSSR count). The minimum absolute atomic E-state index is 0.323. The van der Waals surface area contributed by atoms with Crippen molar-refractivity contribution >= 4 is 11.9 Å². The molecule has 138 valence electrons. The fraction of sp³-hybridized carbons (Fsp3) is 0.571. The summed E-state index contributed by atoms with van der Waals surface area (Å²) in [6, 6.07) is -2.36. The molecule has 1 heterocycles. The van der Waals surface area contributed by atoms with Gasteiger partial charge in [0.25, 0.3) is 0 Å². The predicted octanol–water partition coefficient (Wildman–Crippen LogP) is -0.802. The number of rotatable bonds is 7. The van der Waals surface area contributed by atoms with Crippen molar-refractivity contribution in [1.82, 2.24) is 5.32 Å². The van der Waals surface area contributed by atoms with Crippen LogP contribution in [0.3, 0.4) is 0 Å². The highest BCUT2D eigenvalue weighted by Crippen LogP contribution is 2.25. The van der Waals surface area contributed by atoms with Crippen LogP contribution in [-0.4, -0.2) is 69.3 Å². The first-order chi connectivity index (χ1) is 11.8. The summed E-state index contributed by atoms with van der Waals surface area (Å²) in [5, 5.41) is 43.8.